The Balaban J connectivity index is 2.56. The summed E-state index contributed by atoms with van der Waals surface area (Å²) in [5, 5.41) is 0. The molecule has 0 bridgehead atoms. The van der Waals surface area contributed by atoms with Crippen molar-refractivity contribution in [3.8, 4) is 0 Å². The highest BCUT2D eigenvalue weighted by Crippen LogP contribution is 2.15. The summed E-state index contributed by atoms with van der Waals surface area (Å²) in [5.41, 5.74) is 0. The fourth-order valence-corrected chi connectivity index (χ4v) is 2.88. The third-order valence-electron chi connectivity index (χ3n) is 2.38. The fourth-order valence-electron chi connectivity index (χ4n) is 1.38. The van der Waals surface area contributed by atoms with E-state index in [2.05, 4.69) is 4.72 Å². The molecule has 0 aromatic rings. The number of carbonyl (C=O) groups excluding carboxylic acids is 1. The van der Waals surface area contributed by atoms with Gasteiger partial charge >= 0.3 is 5.97 Å². The van der Waals surface area contributed by atoms with E-state index >= 15 is 0 Å². The second kappa shape index (κ2) is 4.94. The van der Waals surface area contributed by atoms with E-state index in [1.54, 1.807) is 6.92 Å². The molecular formula is C9H17NO4S. The summed E-state index contributed by atoms with van der Waals surface area (Å²) in [6.45, 7) is 4.00. The van der Waals surface area contributed by atoms with Crippen LogP contribution < -0.4 is 4.72 Å². The van der Waals surface area contributed by atoms with E-state index in [4.69, 9.17) is 4.74 Å². The molecule has 5 nitrogen and oxygen atoms in total. The van der Waals surface area contributed by atoms with Gasteiger partial charge in [0.1, 0.15) is 6.04 Å². The van der Waals surface area contributed by atoms with Crippen molar-refractivity contribution >= 4 is 16.0 Å². The lowest BCUT2D eigenvalue weighted by Crippen LogP contribution is -2.42. The Morgan fingerprint density at radius 3 is 2.67 bits per heavy atom. The molecule has 1 rings (SSSR count). The molecule has 1 N–H and O–H groups in total. The second-order valence-corrected chi connectivity index (χ2v) is 5.75. The van der Waals surface area contributed by atoms with Crippen LogP contribution in [0.15, 0.2) is 0 Å². The van der Waals surface area contributed by atoms with Gasteiger partial charge in [0.2, 0.25) is 10.0 Å². The lowest BCUT2D eigenvalue weighted by atomic mass is 10.1. The van der Waals surface area contributed by atoms with E-state index in [0.717, 1.165) is 6.42 Å². The van der Waals surface area contributed by atoms with E-state index in [-0.39, 0.29) is 11.7 Å². The summed E-state index contributed by atoms with van der Waals surface area (Å²) < 4.78 is 30.2. The molecule has 0 aromatic heterocycles. The summed E-state index contributed by atoms with van der Waals surface area (Å²) in [4.78, 5) is 11.2. The molecule has 0 saturated carbocycles. The van der Waals surface area contributed by atoms with E-state index in [1.807, 2.05) is 6.92 Å². The standard InChI is InChI=1S/C9H17NO4S/c1-3-4-5-15(12,13)10-8-7(2)6-14-9(8)11/h7-8,10H,3-6H2,1-2H3/t7-,8+/m1/s1. The molecule has 1 saturated heterocycles. The number of hydrogen-bond acceptors (Lipinski definition) is 4. The average molecular weight is 235 g/mol. The minimum atomic E-state index is -3.34. The number of sulfonamides is 1. The zero-order valence-electron chi connectivity index (χ0n) is 9.02. The molecule has 0 unspecified atom stereocenters. The van der Waals surface area contributed by atoms with Crippen LogP contribution in [0.5, 0.6) is 0 Å². The highest BCUT2D eigenvalue weighted by Gasteiger charge is 2.36. The zero-order valence-corrected chi connectivity index (χ0v) is 9.84. The van der Waals surface area contributed by atoms with Gasteiger partial charge in [-0.3, -0.25) is 4.79 Å². The maximum absolute atomic E-state index is 11.5. The molecule has 15 heavy (non-hydrogen) atoms. The Hall–Kier alpha value is -0.620. The third kappa shape index (κ3) is 3.46. The normalized spacial score (nSPS) is 26.7. The minimum absolute atomic E-state index is 0.0694. The largest absolute Gasteiger partial charge is 0.464 e. The molecular weight excluding hydrogens is 218 g/mol. The van der Waals surface area contributed by atoms with Crippen molar-refractivity contribution in [1.29, 1.82) is 0 Å². The van der Waals surface area contributed by atoms with Gasteiger partial charge in [-0.15, -0.1) is 0 Å². The van der Waals surface area contributed by atoms with Gasteiger partial charge in [-0.25, -0.2) is 13.1 Å². The van der Waals surface area contributed by atoms with Crippen LogP contribution in [-0.2, 0) is 19.6 Å². The van der Waals surface area contributed by atoms with Crippen molar-refractivity contribution in [2.75, 3.05) is 12.4 Å². The summed E-state index contributed by atoms with van der Waals surface area (Å²) in [6.07, 6.45) is 1.41. The third-order valence-corrected chi connectivity index (χ3v) is 3.82. The molecule has 0 radical (unpaired) electrons. The van der Waals surface area contributed by atoms with Crippen molar-refractivity contribution in [3.05, 3.63) is 0 Å². The quantitative estimate of drug-likeness (QED) is 0.694. The smallest absolute Gasteiger partial charge is 0.324 e. The predicted molar refractivity (Wildman–Crippen MR) is 55.7 cm³/mol. The van der Waals surface area contributed by atoms with Crippen LogP contribution in [0.3, 0.4) is 0 Å². The predicted octanol–water partition coefficient (Wildman–Crippen LogP) is 0.267. The van der Waals surface area contributed by atoms with Gasteiger partial charge < -0.3 is 4.74 Å². The van der Waals surface area contributed by atoms with Crippen LogP contribution in [0.25, 0.3) is 0 Å². The van der Waals surface area contributed by atoms with Gasteiger partial charge in [0.05, 0.1) is 12.4 Å². The van der Waals surface area contributed by atoms with Crippen LogP contribution in [0.4, 0.5) is 0 Å². The topological polar surface area (TPSA) is 72.5 Å². The highest BCUT2D eigenvalue weighted by molar-refractivity contribution is 7.89. The Bertz CT molecular complexity index is 325. The van der Waals surface area contributed by atoms with E-state index in [9.17, 15) is 13.2 Å². The monoisotopic (exact) mass is 235 g/mol. The first-order valence-corrected chi connectivity index (χ1v) is 6.78. The van der Waals surface area contributed by atoms with Crippen molar-refractivity contribution in [2.24, 2.45) is 5.92 Å². The Morgan fingerprint density at radius 1 is 1.53 bits per heavy atom. The van der Waals surface area contributed by atoms with Gasteiger partial charge in [-0.1, -0.05) is 20.3 Å². The first-order chi connectivity index (χ1) is 6.96. The fraction of sp³-hybridized carbons (Fsp3) is 0.889. The summed E-state index contributed by atoms with van der Waals surface area (Å²) >= 11 is 0. The number of ether oxygens (including phenoxy) is 1. The highest BCUT2D eigenvalue weighted by atomic mass is 32.2. The Labute approximate surface area is 90.2 Å². The Kier molecular flexibility index (Phi) is 4.10. The van der Waals surface area contributed by atoms with Crippen molar-refractivity contribution in [2.45, 2.75) is 32.7 Å². The molecule has 0 aromatic carbocycles. The van der Waals surface area contributed by atoms with Crippen LogP contribution >= 0.6 is 0 Å². The first kappa shape index (κ1) is 12.4. The summed E-state index contributed by atoms with van der Waals surface area (Å²) in [7, 11) is -3.34. The molecule has 1 heterocycles. The van der Waals surface area contributed by atoms with Gasteiger partial charge in [0.25, 0.3) is 0 Å². The van der Waals surface area contributed by atoms with Gasteiger partial charge in [-0.05, 0) is 6.42 Å². The van der Waals surface area contributed by atoms with Crippen molar-refractivity contribution in [3.63, 3.8) is 0 Å². The average Bonchev–Trinajstić information content (AvgIpc) is 2.46. The molecule has 0 aliphatic carbocycles. The molecule has 0 amide bonds. The number of nitrogens with one attached hydrogen (secondary N) is 1. The minimum Gasteiger partial charge on any atom is -0.464 e. The maximum atomic E-state index is 11.5. The summed E-state index contributed by atoms with van der Waals surface area (Å²) in [6, 6.07) is -0.702. The first-order valence-electron chi connectivity index (χ1n) is 5.13. The van der Waals surface area contributed by atoms with Crippen LogP contribution in [0, 0.1) is 5.92 Å². The Morgan fingerprint density at radius 2 is 2.20 bits per heavy atom. The number of cyclic esters (lactones) is 1. The van der Waals surface area contributed by atoms with Crippen LogP contribution in [0.2, 0.25) is 0 Å². The maximum Gasteiger partial charge on any atom is 0.324 e. The number of esters is 1. The van der Waals surface area contributed by atoms with Gasteiger partial charge in [0, 0.05) is 5.92 Å². The number of unbranched alkanes of at least 4 members (excludes halogenated alkanes) is 1. The molecule has 1 aliphatic heterocycles. The van der Waals surface area contributed by atoms with Crippen LogP contribution in [-0.4, -0.2) is 32.8 Å². The van der Waals surface area contributed by atoms with Crippen LogP contribution in [0.1, 0.15) is 26.7 Å². The molecule has 0 spiro atoms. The molecule has 88 valence electrons. The zero-order chi connectivity index (χ0) is 11.5. The number of rotatable bonds is 5. The summed E-state index contributed by atoms with van der Waals surface area (Å²) in [5.74, 6) is -0.489. The van der Waals surface area contributed by atoms with Gasteiger partial charge in [-0.2, -0.15) is 0 Å². The number of carbonyl (C=O) groups is 1. The molecule has 2 atom stereocenters. The second-order valence-electron chi connectivity index (χ2n) is 3.88. The van der Waals surface area contributed by atoms with E-state index in [1.165, 1.54) is 0 Å². The SMILES string of the molecule is CCCCS(=O)(=O)N[C@@H]1C(=O)OC[C@H]1C. The van der Waals surface area contributed by atoms with Crippen molar-refractivity contribution in [1.82, 2.24) is 4.72 Å². The molecule has 6 heteroatoms. The van der Waals surface area contributed by atoms with Gasteiger partial charge in [0.15, 0.2) is 0 Å². The molecule has 1 aliphatic rings. The molecule has 1 fully saturated rings. The lowest BCUT2D eigenvalue weighted by molar-refractivity contribution is -0.139. The van der Waals surface area contributed by atoms with E-state index < -0.39 is 22.0 Å². The lowest BCUT2D eigenvalue weighted by Gasteiger charge is -2.12. The number of hydrogen-bond donors (Lipinski definition) is 1. The van der Waals surface area contributed by atoms with Crippen molar-refractivity contribution < 1.29 is 17.9 Å². The van der Waals surface area contributed by atoms with E-state index in [0.29, 0.717) is 13.0 Å².